The van der Waals surface area contributed by atoms with Crippen LogP contribution in [0.3, 0.4) is 0 Å². The van der Waals surface area contributed by atoms with Crippen LogP contribution in [0.4, 0.5) is 0 Å². The van der Waals surface area contributed by atoms with Crippen molar-refractivity contribution < 1.29 is 4.79 Å². The Kier molecular flexibility index (Phi) is 4.49. The molecule has 1 aliphatic carbocycles. The van der Waals surface area contributed by atoms with Gasteiger partial charge in [-0.15, -0.1) is 21.5 Å². The molecule has 0 amide bonds. The number of nitrogens with zero attached hydrogens (tertiary/aromatic N) is 3. The standard InChI is InChI=1S/C18H17N3OS2/c22-15-9-4-10-16(15)24-18-20-19-17(12-14-8-5-11-23-14)21(18)13-6-2-1-3-7-13/h1-3,5-8,11,16H,4,9-10,12H2/t16-/m0/s1. The van der Waals surface area contributed by atoms with E-state index in [1.807, 2.05) is 18.2 Å². The Bertz CT molecular complexity index is 827. The first-order valence-corrected chi connectivity index (χ1v) is 9.78. The second-order valence-corrected chi connectivity index (χ2v) is 7.99. The van der Waals surface area contributed by atoms with E-state index in [9.17, 15) is 4.79 Å². The van der Waals surface area contributed by atoms with Crippen LogP contribution in [-0.2, 0) is 11.2 Å². The molecule has 4 nitrogen and oxygen atoms in total. The second kappa shape index (κ2) is 6.91. The maximum atomic E-state index is 12.0. The summed E-state index contributed by atoms with van der Waals surface area (Å²) >= 11 is 3.28. The van der Waals surface area contributed by atoms with E-state index in [4.69, 9.17) is 0 Å². The fourth-order valence-electron chi connectivity index (χ4n) is 2.93. The van der Waals surface area contributed by atoms with Gasteiger partial charge >= 0.3 is 0 Å². The van der Waals surface area contributed by atoms with E-state index in [0.717, 1.165) is 35.9 Å². The lowest BCUT2D eigenvalue weighted by Gasteiger charge is -2.12. The van der Waals surface area contributed by atoms with Crippen LogP contribution in [0.1, 0.15) is 30.0 Å². The molecule has 0 saturated heterocycles. The summed E-state index contributed by atoms with van der Waals surface area (Å²) in [6, 6.07) is 14.3. The average Bonchev–Trinajstić information content (AvgIpc) is 3.33. The Balaban J connectivity index is 1.70. The first-order valence-electron chi connectivity index (χ1n) is 8.03. The Labute approximate surface area is 148 Å². The first kappa shape index (κ1) is 15.6. The lowest BCUT2D eigenvalue weighted by molar-refractivity contribution is -0.116. The van der Waals surface area contributed by atoms with Crippen LogP contribution in [0.25, 0.3) is 5.69 Å². The predicted molar refractivity (Wildman–Crippen MR) is 97.0 cm³/mol. The van der Waals surface area contributed by atoms with Gasteiger partial charge in [-0.1, -0.05) is 36.0 Å². The summed E-state index contributed by atoms with van der Waals surface area (Å²) < 4.78 is 2.09. The van der Waals surface area contributed by atoms with Crippen LogP contribution in [0.15, 0.2) is 53.0 Å². The van der Waals surface area contributed by atoms with Gasteiger partial charge in [0, 0.05) is 23.4 Å². The van der Waals surface area contributed by atoms with Crippen molar-refractivity contribution in [2.75, 3.05) is 0 Å². The molecule has 0 spiro atoms. The number of benzene rings is 1. The Morgan fingerprint density at radius 2 is 2.04 bits per heavy atom. The van der Waals surface area contributed by atoms with E-state index >= 15 is 0 Å². The SMILES string of the molecule is O=C1CCC[C@@H]1Sc1nnc(Cc2cccs2)n1-c1ccccc1. The van der Waals surface area contributed by atoms with Crippen molar-refractivity contribution in [3.8, 4) is 5.69 Å². The van der Waals surface area contributed by atoms with Crippen LogP contribution in [0, 0.1) is 0 Å². The predicted octanol–water partition coefficient (Wildman–Crippen LogP) is 4.13. The fourth-order valence-corrected chi connectivity index (χ4v) is 4.83. The Hall–Kier alpha value is -1.92. The molecule has 2 aromatic heterocycles. The molecule has 1 saturated carbocycles. The van der Waals surface area contributed by atoms with E-state index in [1.165, 1.54) is 4.88 Å². The summed E-state index contributed by atoms with van der Waals surface area (Å²) in [4.78, 5) is 13.3. The van der Waals surface area contributed by atoms with E-state index in [-0.39, 0.29) is 5.25 Å². The zero-order valence-corrected chi connectivity index (χ0v) is 14.7. The van der Waals surface area contributed by atoms with E-state index in [0.29, 0.717) is 12.2 Å². The first-order chi connectivity index (χ1) is 11.8. The van der Waals surface area contributed by atoms with Gasteiger partial charge in [-0.25, -0.2) is 0 Å². The lowest BCUT2D eigenvalue weighted by atomic mass is 10.3. The number of thiophene rings is 1. The summed E-state index contributed by atoms with van der Waals surface area (Å²) in [6.07, 6.45) is 3.36. The minimum atomic E-state index is 0.0197. The van der Waals surface area contributed by atoms with Crippen molar-refractivity contribution in [2.45, 2.75) is 36.1 Å². The maximum absolute atomic E-state index is 12.0. The summed E-state index contributed by atoms with van der Waals surface area (Å²) in [5.41, 5.74) is 1.04. The Morgan fingerprint density at radius 1 is 1.17 bits per heavy atom. The topological polar surface area (TPSA) is 47.8 Å². The van der Waals surface area contributed by atoms with Gasteiger partial charge < -0.3 is 0 Å². The number of hydrogen-bond donors (Lipinski definition) is 0. The van der Waals surface area contributed by atoms with Gasteiger partial charge in [0.2, 0.25) is 0 Å². The second-order valence-electron chi connectivity index (χ2n) is 5.79. The van der Waals surface area contributed by atoms with Gasteiger partial charge in [0.1, 0.15) is 11.6 Å². The molecular weight excluding hydrogens is 338 g/mol. The van der Waals surface area contributed by atoms with Crippen LogP contribution >= 0.6 is 23.1 Å². The van der Waals surface area contributed by atoms with Crippen molar-refractivity contribution >= 4 is 28.9 Å². The van der Waals surface area contributed by atoms with E-state index in [2.05, 4.69) is 44.4 Å². The number of Topliss-reactive ketones (excluding diaryl/α,β-unsaturated/α-hetero) is 1. The molecule has 4 rings (SSSR count). The van der Waals surface area contributed by atoms with Gasteiger partial charge in [-0.2, -0.15) is 0 Å². The normalized spacial score (nSPS) is 17.5. The summed E-state index contributed by atoms with van der Waals surface area (Å²) in [5, 5.41) is 11.7. The molecule has 0 radical (unpaired) electrons. The van der Waals surface area contributed by atoms with E-state index < -0.39 is 0 Å². The fraction of sp³-hybridized carbons (Fsp3) is 0.278. The number of hydrogen-bond acceptors (Lipinski definition) is 5. The third-order valence-corrected chi connectivity index (χ3v) is 6.26. The highest BCUT2D eigenvalue weighted by molar-refractivity contribution is 8.00. The molecule has 6 heteroatoms. The van der Waals surface area contributed by atoms with Crippen LogP contribution < -0.4 is 0 Å². The van der Waals surface area contributed by atoms with E-state index in [1.54, 1.807) is 23.1 Å². The lowest BCUT2D eigenvalue weighted by Crippen LogP contribution is -2.10. The van der Waals surface area contributed by atoms with Gasteiger partial charge in [0.25, 0.3) is 0 Å². The molecular formula is C18H17N3OS2. The van der Waals surface area contributed by atoms with Crippen molar-refractivity contribution in [1.82, 2.24) is 14.8 Å². The number of carbonyl (C=O) groups is 1. The van der Waals surface area contributed by atoms with Crippen molar-refractivity contribution in [2.24, 2.45) is 0 Å². The zero-order valence-electron chi connectivity index (χ0n) is 13.1. The minimum Gasteiger partial charge on any atom is -0.298 e. The number of aromatic nitrogens is 3. The Morgan fingerprint density at radius 3 is 2.75 bits per heavy atom. The highest BCUT2D eigenvalue weighted by atomic mass is 32.2. The summed E-state index contributed by atoms with van der Waals surface area (Å²) in [5.74, 6) is 1.25. The molecule has 24 heavy (non-hydrogen) atoms. The zero-order chi connectivity index (χ0) is 16.4. The third kappa shape index (κ3) is 3.16. The summed E-state index contributed by atoms with van der Waals surface area (Å²) in [7, 11) is 0. The molecule has 2 heterocycles. The smallest absolute Gasteiger partial charge is 0.196 e. The molecule has 0 bridgehead atoms. The van der Waals surface area contributed by atoms with Crippen LogP contribution in [0.2, 0.25) is 0 Å². The molecule has 0 N–H and O–H groups in total. The molecule has 1 aliphatic rings. The van der Waals surface area contributed by atoms with Crippen molar-refractivity contribution in [1.29, 1.82) is 0 Å². The highest BCUT2D eigenvalue weighted by Crippen LogP contribution is 2.33. The molecule has 1 fully saturated rings. The number of carbonyl (C=O) groups excluding carboxylic acids is 1. The van der Waals surface area contributed by atoms with Gasteiger partial charge in [0.05, 0.1) is 5.25 Å². The minimum absolute atomic E-state index is 0.0197. The number of rotatable bonds is 5. The van der Waals surface area contributed by atoms with Crippen molar-refractivity contribution in [3.05, 3.63) is 58.5 Å². The molecule has 122 valence electrons. The largest absolute Gasteiger partial charge is 0.298 e. The molecule has 1 aromatic carbocycles. The molecule has 0 unspecified atom stereocenters. The van der Waals surface area contributed by atoms with Crippen LogP contribution in [0.5, 0.6) is 0 Å². The van der Waals surface area contributed by atoms with Gasteiger partial charge in [0.15, 0.2) is 5.16 Å². The monoisotopic (exact) mass is 355 g/mol. The average molecular weight is 355 g/mol. The number of thioether (sulfide) groups is 1. The highest BCUT2D eigenvalue weighted by Gasteiger charge is 2.28. The molecule has 3 aromatic rings. The van der Waals surface area contributed by atoms with Gasteiger partial charge in [-0.05, 0) is 36.4 Å². The molecule has 0 aliphatic heterocycles. The number of para-hydroxylation sites is 1. The quantitative estimate of drug-likeness (QED) is 0.690. The van der Waals surface area contributed by atoms with Crippen molar-refractivity contribution in [3.63, 3.8) is 0 Å². The van der Waals surface area contributed by atoms with Crippen LogP contribution in [-0.4, -0.2) is 25.8 Å². The van der Waals surface area contributed by atoms with Gasteiger partial charge in [-0.3, -0.25) is 9.36 Å². The third-order valence-electron chi connectivity index (χ3n) is 4.12. The molecule has 1 atom stereocenters. The maximum Gasteiger partial charge on any atom is 0.196 e. The summed E-state index contributed by atoms with van der Waals surface area (Å²) in [6.45, 7) is 0. The number of ketones is 1.